The van der Waals surface area contributed by atoms with Gasteiger partial charge in [-0.1, -0.05) is 13.8 Å². The van der Waals surface area contributed by atoms with E-state index in [1.165, 1.54) is 5.38 Å². The van der Waals surface area contributed by atoms with Crippen LogP contribution < -0.4 is 5.32 Å². The van der Waals surface area contributed by atoms with Crippen molar-refractivity contribution in [2.45, 2.75) is 31.4 Å². The zero-order valence-corrected chi connectivity index (χ0v) is 14.7. The van der Waals surface area contributed by atoms with Gasteiger partial charge in [0.05, 0.1) is 12.2 Å². The van der Waals surface area contributed by atoms with E-state index in [-0.39, 0.29) is 10.1 Å². The molecule has 120 valence electrons. The van der Waals surface area contributed by atoms with Gasteiger partial charge in [0.2, 0.25) is 0 Å². The van der Waals surface area contributed by atoms with Crippen LogP contribution in [-0.2, 0) is 13.8 Å². The van der Waals surface area contributed by atoms with Crippen LogP contribution in [0.2, 0.25) is 0 Å². The Kier molecular flexibility index (Phi) is 7.12. The van der Waals surface area contributed by atoms with E-state index in [1.807, 2.05) is 0 Å². The Hall–Kier alpha value is -0.630. The molecule has 1 aromatic rings. The number of amides is 1. The molecule has 0 saturated carbocycles. The summed E-state index contributed by atoms with van der Waals surface area (Å²) < 4.78 is 28.0. The Bertz CT molecular complexity index is 581. The summed E-state index contributed by atoms with van der Waals surface area (Å²) in [5.41, 5.74) is 0.717. The molecule has 0 bridgehead atoms. The van der Waals surface area contributed by atoms with Gasteiger partial charge in [0.25, 0.3) is 15.0 Å². The van der Waals surface area contributed by atoms with Gasteiger partial charge >= 0.3 is 0 Å². The van der Waals surface area contributed by atoms with E-state index in [9.17, 15) is 13.2 Å². The van der Waals surface area contributed by atoms with Crippen LogP contribution in [0.15, 0.2) is 9.59 Å². The number of rotatable bonds is 8. The molecule has 1 rings (SSSR count). The first-order valence-corrected chi connectivity index (χ1v) is 9.81. The van der Waals surface area contributed by atoms with Gasteiger partial charge in [0, 0.05) is 29.2 Å². The van der Waals surface area contributed by atoms with Crippen LogP contribution in [0.5, 0.6) is 0 Å². The maximum absolute atomic E-state index is 11.9. The predicted octanol–water partition coefficient (Wildman–Crippen LogP) is 2.78. The van der Waals surface area contributed by atoms with Crippen molar-refractivity contribution in [3.63, 3.8) is 0 Å². The van der Waals surface area contributed by atoms with E-state index in [4.69, 9.17) is 15.4 Å². The Morgan fingerprint density at radius 3 is 2.62 bits per heavy atom. The SMILES string of the molecule is Cc1c(C(=O)NCCOCCC(C)C)csc1S(=O)(=O)Cl. The standard InChI is InChI=1S/C13H20ClNO4S2/c1-9(2)4-6-19-7-5-15-12(16)11-8-20-13(10(11)3)21(14,17)18/h8-9H,4-7H2,1-3H3,(H,15,16). The molecule has 1 amide bonds. The molecular formula is C13H20ClNO4S2. The quantitative estimate of drug-likeness (QED) is 0.576. The van der Waals surface area contributed by atoms with Gasteiger partial charge in [-0.15, -0.1) is 11.3 Å². The molecule has 0 atom stereocenters. The zero-order chi connectivity index (χ0) is 16.0. The molecule has 1 aromatic heterocycles. The minimum absolute atomic E-state index is 0.0162. The van der Waals surface area contributed by atoms with E-state index < -0.39 is 9.05 Å². The topological polar surface area (TPSA) is 72.5 Å². The maximum atomic E-state index is 11.9. The first-order valence-electron chi connectivity index (χ1n) is 6.62. The second-order valence-electron chi connectivity index (χ2n) is 5.05. The van der Waals surface area contributed by atoms with Crippen molar-refractivity contribution in [2.75, 3.05) is 19.8 Å². The largest absolute Gasteiger partial charge is 0.380 e. The van der Waals surface area contributed by atoms with Gasteiger partial charge in [0.1, 0.15) is 4.21 Å². The lowest BCUT2D eigenvalue weighted by Gasteiger charge is -2.07. The Balaban J connectivity index is 2.45. The second kappa shape index (κ2) is 8.12. The summed E-state index contributed by atoms with van der Waals surface area (Å²) in [6.07, 6.45) is 0.981. The second-order valence-corrected chi connectivity index (χ2v) is 8.69. The van der Waals surface area contributed by atoms with Crippen molar-refractivity contribution in [3.8, 4) is 0 Å². The summed E-state index contributed by atoms with van der Waals surface area (Å²) in [5, 5.41) is 4.20. The summed E-state index contributed by atoms with van der Waals surface area (Å²) in [6.45, 7) is 7.29. The lowest BCUT2D eigenvalue weighted by molar-refractivity contribution is 0.0905. The molecular weight excluding hydrogens is 334 g/mol. The molecule has 0 saturated heterocycles. The van der Waals surface area contributed by atoms with Crippen LogP contribution in [0.3, 0.4) is 0 Å². The smallest absolute Gasteiger partial charge is 0.271 e. The first kappa shape index (κ1) is 18.4. The third-order valence-electron chi connectivity index (χ3n) is 2.83. The van der Waals surface area contributed by atoms with Crippen molar-refractivity contribution < 1.29 is 17.9 Å². The number of thiophene rings is 1. The Morgan fingerprint density at radius 2 is 2.10 bits per heavy atom. The molecule has 0 aliphatic heterocycles. The average molecular weight is 354 g/mol. The molecule has 1 N–H and O–H groups in total. The molecule has 5 nitrogen and oxygen atoms in total. The van der Waals surface area contributed by atoms with Crippen LogP contribution >= 0.6 is 22.0 Å². The van der Waals surface area contributed by atoms with E-state index in [0.29, 0.717) is 36.8 Å². The number of ether oxygens (including phenoxy) is 1. The van der Waals surface area contributed by atoms with Crippen molar-refractivity contribution in [1.82, 2.24) is 5.32 Å². The van der Waals surface area contributed by atoms with Crippen LogP contribution in [0.1, 0.15) is 36.2 Å². The predicted molar refractivity (Wildman–Crippen MR) is 84.7 cm³/mol. The minimum Gasteiger partial charge on any atom is -0.380 e. The third kappa shape index (κ3) is 5.94. The Morgan fingerprint density at radius 1 is 1.43 bits per heavy atom. The fourth-order valence-corrected chi connectivity index (χ4v) is 4.17. The van der Waals surface area contributed by atoms with E-state index in [2.05, 4.69) is 19.2 Å². The van der Waals surface area contributed by atoms with Crippen LogP contribution in [0.25, 0.3) is 0 Å². The highest BCUT2D eigenvalue weighted by atomic mass is 35.7. The average Bonchev–Trinajstić information content (AvgIpc) is 2.74. The molecule has 0 spiro atoms. The van der Waals surface area contributed by atoms with Crippen LogP contribution in [0, 0.1) is 12.8 Å². The summed E-state index contributed by atoms with van der Waals surface area (Å²) in [7, 11) is 1.50. The zero-order valence-electron chi connectivity index (χ0n) is 12.3. The summed E-state index contributed by atoms with van der Waals surface area (Å²) in [5.74, 6) is 0.270. The number of carbonyl (C=O) groups excluding carboxylic acids is 1. The lowest BCUT2D eigenvalue weighted by Crippen LogP contribution is -2.27. The summed E-state index contributed by atoms with van der Waals surface area (Å²) in [6, 6.07) is 0. The molecule has 0 fully saturated rings. The van der Waals surface area contributed by atoms with Crippen LogP contribution in [0.4, 0.5) is 0 Å². The van der Waals surface area contributed by atoms with Gasteiger partial charge in [0.15, 0.2) is 0 Å². The molecule has 8 heteroatoms. The monoisotopic (exact) mass is 353 g/mol. The molecule has 1 heterocycles. The number of hydrogen-bond acceptors (Lipinski definition) is 5. The Labute approximate surface area is 134 Å². The van der Waals surface area contributed by atoms with Crippen LogP contribution in [-0.4, -0.2) is 34.1 Å². The highest BCUT2D eigenvalue weighted by Gasteiger charge is 2.21. The normalized spacial score (nSPS) is 11.9. The summed E-state index contributed by atoms with van der Waals surface area (Å²) in [4.78, 5) is 11.9. The van der Waals surface area contributed by atoms with E-state index in [0.717, 1.165) is 17.8 Å². The molecule has 0 aliphatic rings. The van der Waals surface area contributed by atoms with E-state index >= 15 is 0 Å². The van der Waals surface area contributed by atoms with Crippen molar-refractivity contribution in [1.29, 1.82) is 0 Å². The fourth-order valence-electron chi connectivity index (χ4n) is 1.62. The van der Waals surface area contributed by atoms with Gasteiger partial charge in [-0.05, 0) is 24.8 Å². The third-order valence-corrected chi connectivity index (χ3v) is 6.14. The van der Waals surface area contributed by atoms with Gasteiger partial charge in [-0.25, -0.2) is 8.42 Å². The fraction of sp³-hybridized carbons (Fsp3) is 0.615. The minimum atomic E-state index is -3.80. The molecule has 21 heavy (non-hydrogen) atoms. The van der Waals surface area contributed by atoms with Crippen molar-refractivity contribution >= 4 is 37.0 Å². The van der Waals surface area contributed by atoms with Gasteiger partial charge < -0.3 is 10.1 Å². The number of hydrogen-bond donors (Lipinski definition) is 1. The number of carbonyl (C=O) groups is 1. The summed E-state index contributed by atoms with van der Waals surface area (Å²) >= 11 is 0.950. The molecule has 0 aliphatic carbocycles. The van der Waals surface area contributed by atoms with E-state index in [1.54, 1.807) is 6.92 Å². The highest BCUT2D eigenvalue weighted by molar-refractivity contribution is 8.15. The van der Waals surface area contributed by atoms with Gasteiger partial charge in [-0.2, -0.15) is 0 Å². The first-order chi connectivity index (χ1) is 9.73. The number of halogens is 1. The molecule has 0 unspecified atom stereocenters. The lowest BCUT2D eigenvalue weighted by atomic mass is 10.1. The maximum Gasteiger partial charge on any atom is 0.271 e. The highest BCUT2D eigenvalue weighted by Crippen LogP contribution is 2.29. The molecule has 0 aromatic carbocycles. The van der Waals surface area contributed by atoms with Crippen molar-refractivity contribution in [3.05, 3.63) is 16.5 Å². The van der Waals surface area contributed by atoms with Gasteiger partial charge in [-0.3, -0.25) is 4.79 Å². The molecule has 0 radical (unpaired) electrons. The number of nitrogens with one attached hydrogen (secondary N) is 1. The van der Waals surface area contributed by atoms with Crippen molar-refractivity contribution in [2.24, 2.45) is 5.92 Å².